The van der Waals surface area contributed by atoms with Crippen LogP contribution in [0.5, 0.6) is 0 Å². The molecule has 7 nitrogen and oxygen atoms in total. The Hall–Kier alpha value is -2.97. The van der Waals surface area contributed by atoms with Crippen LogP contribution in [0.25, 0.3) is 0 Å². The third-order valence-corrected chi connectivity index (χ3v) is 5.99. The first kappa shape index (κ1) is 19.8. The Kier molecular flexibility index (Phi) is 5.62. The zero-order chi connectivity index (χ0) is 20.3. The topological polar surface area (TPSA) is 98.1 Å². The van der Waals surface area contributed by atoms with Crippen molar-refractivity contribution < 1.29 is 13.2 Å². The third-order valence-electron chi connectivity index (χ3n) is 3.92. The van der Waals surface area contributed by atoms with Crippen LogP contribution in [0.2, 0.25) is 5.02 Å². The maximum atomic E-state index is 12.7. The van der Waals surface area contributed by atoms with Crippen LogP contribution in [0.3, 0.4) is 0 Å². The Bertz CT molecular complexity index is 1190. The van der Waals surface area contributed by atoms with E-state index in [2.05, 4.69) is 10.4 Å². The Balaban J connectivity index is 1.85. The molecule has 0 unspecified atom stereocenters. The van der Waals surface area contributed by atoms with Gasteiger partial charge in [-0.3, -0.25) is 9.59 Å². The van der Waals surface area contributed by atoms with Gasteiger partial charge >= 0.3 is 0 Å². The maximum absolute atomic E-state index is 12.7. The summed E-state index contributed by atoms with van der Waals surface area (Å²) in [6.07, 6.45) is 0. The molecule has 0 aliphatic carbocycles. The molecule has 2 aromatic carbocycles. The van der Waals surface area contributed by atoms with E-state index in [9.17, 15) is 18.0 Å². The van der Waals surface area contributed by atoms with Gasteiger partial charge in [0.2, 0.25) is 15.7 Å². The van der Waals surface area contributed by atoms with E-state index in [0.717, 1.165) is 22.4 Å². The molecule has 0 aliphatic rings. The van der Waals surface area contributed by atoms with Crippen molar-refractivity contribution in [2.24, 2.45) is 0 Å². The van der Waals surface area contributed by atoms with Crippen molar-refractivity contribution >= 4 is 33.0 Å². The van der Waals surface area contributed by atoms with Crippen molar-refractivity contribution in [2.75, 3.05) is 5.32 Å². The summed E-state index contributed by atoms with van der Waals surface area (Å²) in [5.74, 6) is -0.538. The SMILES string of the molecule is Cc1ccc(NC(=O)Cn2nc(S(=O)(=O)c3ccccc3)ccc2=O)cc1Cl. The molecule has 3 aromatic rings. The Morgan fingerprint density at radius 1 is 1.11 bits per heavy atom. The highest BCUT2D eigenvalue weighted by Gasteiger charge is 2.20. The number of sulfone groups is 1. The van der Waals surface area contributed by atoms with Gasteiger partial charge in [0.05, 0.1) is 4.90 Å². The molecule has 1 amide bonds. The van der Waals surface area contributed by atoms with Crippen LogP contribution in [0.1, 0.15) is 5.56 Å². The number of amides is 1. The number of nitrogens with zero attached hydrogens (tertiary/aromatic N) is 2. The lowest BCUT2D eigenvalue weighted by molar-refractivity contribution is -0.117. The number of carbonyl (C=O) groups is 1. The molecule has 1 aromatic heterocycles. The zero-order valence-electron chi connectivity index (χ0n) is 14.8. The molecule has 144 valence electrons. The van der Waals surface area contributed by atoms with E-state index in [4.69, 9.17) is 11.6 Å². The summed E-state index contributed by atoms with van der Waals surface area (Å²) in [6.45, 7) is 1.39. The van der Waals surface area contributed by atoms with Crippen molar-refractivity contribution in [1.82, 2.24) is 9.78 Å². The first-order chi connectivity index (χ1) is 13.3. The van der Waals surface area contributed by atoms with Crippen LogP contribution in [0, 0.1) is 6.92 Å². The minimum Gasteiger partial charge on any atom is -0.324 e. The number of benzene rings is 2. The van der Waals surface area contributed by atoms with Gasteiger partial charge < -0.3 is 5.32 Å². The third kappa shape index (κ3) is 4.29. The van der Waals surface area contributed by atoms with E-state index in [1.165, 1.54) is 12.1 Å². The average Bonchev–Trinajstić information content (AvgIpc) is 2.67. The molecule has 0 aliphatic heterocycles. The van der Waals surface area contributed by atoms with Crippen molar-refractivity contribution in [3.63, 3.8) is 0 Å². The zero-order valence-corrected chi connectivity index (χ0v) is 16.4. The molecular formula is C19H16ClN3O4S. The largest absolute Gasteiger partial charge is 0.324 e. The minimum absolute atomic E-state index is 0.0476. The van der Waals surface area contributed by atoms with Crippen molar-refractivity contribution in [3.05, 3.63) is 81.6 Å². The number of nitrogens with one attached hydrogen (secondary N) is 1. The number of rotatable bonds is 5. The van der Waals surface area contributed by atoms with Gasteiger partial charge in [-0.1, -0.05) is 35.9 Å². The number of hydrogen-bond acceptors (Lipinski definition) is 5. The fraction of sp³-hybridized carbons (Fsp3) is 0.105. The summed E-state index contributed by atoms with van der Waals surface area (Å²) in [5.41, 5.74) is 0.724. The lowest BCUT2D eigenvalue weighted by Crippen LogP contribution is -2.30. The van der Waals surface area contributed by atoms with Gasteiger partial charge in [0.25, 0.3) is 5.56 Å². The molecule has 3 rings (SSSR count). The first-order valence-electron chi connectivity index (χ1n) is 8.22. The number of aryl methyl sites for hydroxylation is 1. The van der Waals surface area contributed by atoms with Crippen LogP contribution in [0.4, 0.5) is 5.69 Å². The van der Waals surface area contributed by atoms with Crippen LogP contribution in [-0.4, -0.2) is 24.1 Å². The number of hydrogen-bond donors (Lipinski definition) is 1. The van der Waals surface area contributed by atoms with E-state index in [-0.39, 0.29) is 9.92 Å². The standard InChI is InChI=1S/C19H16ClN3O4S/c1-13-7-8-14(11-16(13)20)21-17(24)12-23-19(25)10-9-18(22-23)28(26,27)15-5-3-2-4-6-15/h2-11H,12H2,1H3,(H,21,24). The van der Waals surface area contributed by atoms with Crippen molar-refractivity contribution in [3.8, 4) is 0 Å². The Morgan fingerprint density at radius 2 is 1.82 bits per heavy atom. The van der Waals surface area contributed by atoms with E-state index in [0.29, 0.717) is 10.7 Å². The van der Waals surface area contributed by atoms with Crippen LogP contribution >= 0.6 is 11.6 Å². The smallest absolute Gasteiger partial charge is 0.267 e. The molecular weight excluding hydrogens is 402 g/mol. The van der Waals surface area contributed by atoms with Gasteiger partial charge in [0, 0.05) is 16.8 Å². The van der Waals surface area contributed by atoms with Crippen molar-refractivity contribution in [1.29, 1.82) is 0 Å². The number of halogens is 1. The highest BCUT2D eigenvalue weighted by atomic mass is 35.5. The predicted molar refractivity (Wildman–Crippen MR) is 105 cm³/mol. The summed E-state index contributed by atoms with van der Waals surface area (Å²) < 4.78 is 26.1. The molecule has 28 heavy (non-hydrogen) atoms. The van der Waals surface area contributed by atoms with Gasteiger partial charge in [0.15, 0.2) is 5.03 Å². The lowest BCUT2D eigenvalue weighted by Gasteiger charge is -2.09. The fourth-order valence-corrected chi connectivity index (χ4v) is 3.81. The first-order valence-corrected chi connectivity index (χ1v) is 10.1. The molecule has 0 bridgehead atoms. The molecule has 1 heterocycles. The second kappa shape index (κ2) is 7.95. The van der Waals surface area contributed by atoms with Gasteiger partial charge in [0.1, 0.15) is 6.54 Å². The summed E-state index contributed by atoms with van der Waals surface area (Å²) in [5, 5.41) is 6.64. The summed E-state index contributed by atoms with van der Waals surface area (Å²) in [7, 11) is -3.90. The van der Waals surface area contributed by atoms with Crippen molar-refractivity contribution in [2.45, 2.75) is 23.4 Å². The molecule has 0 saturated carbocycles. The van der Waals surface area contributed by atoms with Crippen LogP contribution < -0.4 is 10.9 Å². The average molecular weight is 418 g/mol. The summed E-state index contributed by atoms with van der Waals surface area (Å²) in [6, 6.07) is 14.9. The molecule has 1 N–H and O–H groups in total. The van der Waals surface area contributed by atoms with Gasteiger partial charge in [-0.2, -0.15) is 5.10 Å². The molecule has 9 heteroatoms. The summed E-state index contributed by atoms with van der Waals surface area (Å²) in [4.78, 5) is 24.3. The quantitative estimate of drug-likeness (QED) is 0.688. The van der Waals surface area contributed by atoms with Crippen LogP contribution in [-0.2, 0) is 21.2 Å². The second-order valence-electron chi connectivity index (χ2n) is 6.00. The fourth-order valence-electron chi connectivity index (χ4n) is 2.41. The predicted octanol–water partition coefficient (Wildman–Crippen LogP) is 2.68. The molecule has 0 atom stereocenters. The normalized spacial score (nSPS) is 11.2. The molecule has 0 spiro atoms. The highest BCUT2D eigenvalue weighted by molar-refractivity contribution is 7.91. The number of anilines is 1. The second-order valence-corrected chi connectivity index (χ2v) is 8.30. The molecule has 0 fully saturated rings. The van der Waals surface area contributed by atoms with Gasteiger partial charge in [-0.05, 0) is 42.8 Å². The van der Waals surface area contributed by atoms with Gasteiger partial charge in [-0.25, -0.2) is 13.1 Å². The monoisotopic (exact) mass is 417 g/mol. The molecule has 0 radical (unpaired) electrons. The number of aromatic nitrogens is 2. The molecule has 0 saturated heterocycles. The highest BCUT2D eigenvalue weighted by Crippen LogP contribution is 2.20. The summed E-state index contributed by atoms with van der Waals surface area (Å²) >= 11 is 6.03. The van der Waals surface area contributed by atoms with E-state index < -0.39 is 27.8 Å². The van der Waals surface area contributed by atoms with Crippen LogP contribution in [0.15, 0.2) is 75.4 Å². The maximum Gasteiger partial charge on any atom is 0.267 e. The minimum atomic E-state index is -3.90. The number of carbonyl (C=O) groups excluding carboxylic acids is 1. The Labute approximate surface area is 166 Å². The van der Waals surface area contributed by atoms with E-state index in [1.54, 1.807) is 36.4 Å². The van der Waals surface area contributed by atoms with E-state index in [1.807, 2.05) is 6.92 Å². The lowest BCUT2D eigenvalue weighted by atomic mass is 10.2. The van der Waals surface area contributed by atoms with E-state index >= 15 is 0 Å². The van der Waals surface area contributed by atoms with Gasteiger partial charge in [-0.15, -0.1) is 0 Å². The Morgan fingerprint density at radius 3 is 2.50 bits per heavy atom.